The molecular weight excluding hydrogens is 296 g/mol. The lowest BCUT2D eigenvalue weighted by atomic mass is 9.89. The van der Waals surface area contributed by atoms with Crippen LogP contribution in [0.15, 0.2) is 30.3 Å². The molecule has 0 aromatic heterocycles. The molecule has 1 atom stereocenters. The standard InChI is InChI=1S/C22H36O2/c1-3-4-5-6-7-8-9-10-11-12-16-19-22(2,24)21(23)20-17-14-13-15-18-20/h13-15,17-18,24H,3-12,16,19H2,1-2H3. The molecule has 1 aromatic carbocycles. The summed E-state index contributed by atoms with van der Waals surface area (Å²) in [6.07, 6.45) is 14.6. The largest absolute Gasteiger partial charge is 0.382 e. The number of ketones is 1. The minimum absolute atomic E-state index is 0.157. The van der Waals surface area contributed by atoms with Crippen LogP contribution in [-0.2, 0) is 0 Å². The molecule has 1 rings (SSSR count). The van der Waals surface area contributed by atoms with Crippen LogP contribution in [0.2, 0.25) is 0 Å². The second-order valence-corrected chi connectivity index (χ2v) is 7.25. The molecule has 0 fully saturated rings. The summed E-state index contributed by atoms with van der Waals surface area (Å²) >= 11 is 0. The van der Waals surface area contributed by atoms with E-state index in [0.29, 0.717) is 12.0 Å². The molecule has 0 saturated carbocycles. The van der Waals surface area contributed by atoms with Crippen LogP contribution in [-0.4, -0.2) is 16.5 Å². The maximum atomic E-state index is 12.3. The Morgan fingerprint density at radius 2 is 1.29 bits per heavy atom. The molecule has 0 bridgehead atoms. The topological polar surface area (TPSA) is 37.3 Å². The Kier molecular flexibility index (Phi) is 10.7. The van der Waals surface area contributed by atoms with Crippen molar-refractivity contribution in [1.29, 1.82) is 0 Å². The highest BCUT2D eigenvalue weighted by molar-refractivity contribution is 6.01. The summed E-state index contributed by atoms with van der Waals surface area (Å²) in [4.78, 5) is 12.3. The zero-order chi connectivity index (χ0) is 17.7. The first-order valence-corrected chi connectivity index (χ1v) is 9.90. The van der Waals surface area contributed by atoms with Crippen LogP contribution >= 0.6 is 0 Å². The van der Waals surface area contributed by atoms with Crippen LogP contribution in [0.5, 0.6) is 0 Å². The molecule has 0 radical (unpaired) electrons. The van der Waals surface area contributed by atoms with Gasteiger partial charge < -0.3 is 5.11 Å². The summed E-state index contributed by atoms with van der Waals surface area (Å²) in [5, 5.41) is 10.4. The Morgan fingerprint density at radius 1 is 0.833 bits per heavy atom. The fourth-order valence-corrected chi connectivity index (χ4v) is 3.15. The van der Waals surface area contributed by atoms with E-state index in [0.717, 1.165) is 12.8 Å². The van der Waals surface area contributed by atoms with Crippen LogP contribution in [0.4, 0.5) is 0 Å². The van der Waals surface area contributed by atoms with Crippen LogP contribution < -0.4 is 0 Å². The van der Waals surface area contributed by atoms with Gasteiger partial charge in [0.05, 0.1) is 0 Å². The number of carbonyl (C=O) groups is 1. The average molecular weight is 333 g/mol. The average Bonchev–Trinajstić information content (AvgIpc) is 2.59. The van der Waals surface area contributed by atoms with Crippen molar-refractivity contribution in [3.05, 3.63) is 35.9 Å². The normalized spacial score (nSPS) is 13.6. The van der Waals surface area contributed by atoms with Gasteiger partial charge in [-0.05, 0) is 13.3 Å². The number of unbranched alkanes of at least 4 members (excludes halogenated alkanes) is 10. The van der Waals surface area contributed by atoms with E-state index < -0.39 is 5.60 Å². The molecule has 1 aromatic rings. The predicted molar refractivity (Wildman–Crippen MR) is 102 cm³/mol. The smallest absolute Gasteiger partial charge is 0.194 e. The zero-order valence-electron chi connectivity index (χ0n) is 15.7. The molecule has 24 heavy (non-hydrogen) atoms. The van der Waals surface area contributed by atoms with E-state index in [1.54, 1.807) is 19.1 Å². The highest BCUT2D eigenvalue weighted by atomic mass is 16.3. The van der Waals surface area contributed by atoms with Crippen molar-refractivity contribution < 1.29 is 9.90 Å². The van der Waals surface area contributed by atoms with Gasteiger partial charge in [0.2, 0.25) is 0 Å². The lowest BCUT2D eigenvalue weighted by Gasteiger charge is -2.21. The van der Waals surface area contributed by atoms with Crippen molar-refractivity contribution in [3.8, 4) is 0 Å². The summed E-state index contributed by atoms with van der Waals surface area (Å²) in [7, 11) is 0. The maximum Gasteiger partial charge on any atom is 0.194 e. The van der Waals surface area contributed by atoms with Gasteiger partial charge in [0.1, 0.15) is 5.60 Å². The highest BCUT2D eigenvalue weighted by Gasteiger charge is 2.30. The zero-order valence-corrected chi connectivity index (χ0v) is 15.7. The van der Waals surface area contributed by atoms with Crippen molar-refractivity contribution >= 4 is 5.78 Å². The molecule has 136 valence electrons. The Labute approximate surface area is 148 Å². The SMILES string of the molecule is CCCCCCCCCCCCCC(C)(O)C(=O)c1ccccc1. The lowest BCUT2D eigenvalue weighted by molar-refractivity contribution is 0.0355. The van der Waals surface area contributed by atoms with E-state index in [-0.39, 0.29) is 5.78 Å². The number of aliphatic hydroxyl groups is 1. The van der Waals surface area contributed by atoms with Gasteiger partial charge in [-0.1, -0.05) is 108 Å². The van der Waals surface area contributed by atoms with Gasteiger partial charge in [-0.25, -0.2) is 0 Å². The van der Waals surface area contributed by atoms with Crippen LogP contribution in [0, 0.1) is 0 Å². The molecule has 1 unspecified atom stereocenters. The van der Waals surface area contributed by atoms with Gasteiger partial charge in [0.25, 0.3) is 0 Å². The molecule has 0 amide bonds. The number of hydrogen-bond donors (Lipinski definition) is 1. The number of Topliss-reactive ketones (excluding diaryl/α,β-unsaturated/α-hetero) is 1. The minimum atomic E-state index is -1.24. The van der Waals surface area contributed by atoms with Gasteiger partial charge >= 0.3 is 0 Å². The van der Waals surface area contributed by atoms with E-state index in [1.807, 2.05) is 18.2 Å². The molecule has 0 saturated heterocycles. The molecule has 0 spiro atoms. The summed E-state index contributed by atoms with van der Waals surface area (Å²) in [6, 6.07) is 9.11. The molecule has 0 aliphatic rings. The lowest BCUT2D eigenvalue weighted by Crippen LogP contribution is -2.35. The van der Waals surface area contributed by atoms with Crippen LogP contribution in [0.25, 0.3) is 0 Å². The number of carbonyl (C=O) groups excluding carboxylic acids is 1. The number of hydrogen-bond acceptors (Lipinski definition) is 2. The highest BCUT2D eigenvalue weighted by Crippen LogP contribution is 2.21. The fourth-order valence-electron chi connectivity index (χ4n) is 3.15. The Morgan fingerprint density at radius 3 is 1.79 bits per heavy atom. The van der Waals surface area contributed by atoms with Gasteiger partial charge in [-0.15, -0.1) is 0 Å². The van der Waals surface area contributed by atoms with E-state index >= 15 is 0 Å². The van der Waals surface area contributed by atoms with Gasteiger partial charge in [0.15, 0.2) is 5.78 Å². The van der Waals surface area contributed by atoms with E-state index in [2.05, 4.69) is 6.92 Å². The third-order valence-electron chi connectivity index (χ3n) is 4.79. The summed E-state index contributed by atoms with van der Waals surface area (Å²) < 4.78 is 0. The van der Waals surface area contributed by atoms with E-state index in [1.165, 1.54) is 57.8 Å². The van der Waals surface area contributed by atoms with Gasteiger partial charge in [0, 0.05) is 5.56 Å². The van der Waals surface area contributed by atoms with Crippen molar-refractivity contribution in [2.24, 2.45) is 0 Å². The summed E-state index contributed by atoms with van der Waals surface area (Å²) in [6.45, 7) is 3.91. The first-order chi connectivity index (χ1) is 11.6. The fraction of sp³-hybridized carbons (Fsp3) is 0.682. The quantitative estimate of drug-likeness (QED) is 0.319. The minimum Gasteiger partial charge on any atom is -0.382 e. The Bertz CT molecular complexity index is 437. The van der Waals surface area contributed by atoms with Crippen molar-refractivity contribution in [2.75, 3.05) is 0 Å². The van der Waals surface area contributed by atoms with Crippen molar-refractivity contribution in [2.45, 2.75) is 96.5 Å². The van der Waals surface area contributed by atoms with Gasteiger partial charge in [-0.3, -0.25) is 4.79 Å². The maximum absolute atomic E-state index is 12.3. The predicted octanol–water partition coefficient (Wildman–Crippen LogP) is 6.32. The van der Waals surface area contributed by atoms with E-state index in [9.17, 15) is 9.90 Å². The molecule has 2 nitrogen and oxygen atoms in total. The van der Waals surface area contributed by atoms with E-state index in [4.69, 9.17) is 0 Å². The summed E-state index contributed by atoms with van der Waals surface area (Å²) in [5.41, 5.74) is -0.633. The van der Waals surface area contributed by atoms with Crippen molar-refractivity contribution in [1.82, 2.24) is 0 Å². The first-order valence-electron chi connectivity index (χ1n) is 9.90. The van der Waals surface area contributed by atoms with Gasteiger partial charge in [-0.2, -0.15) is 0 Å². The molecule has 0 heterocycles. The molecule has 0 aliphatic carbocycles. The molecule has 2 heteroatoms. The number of benzene rings is 1. The molecule has 0 aliphatic heterocycles. The third kappa shape index (κ3) is 8.63. The molecular formula is C22H36O2. The summed E-state index contributed by atoms with van der Waals surface area (Å²) in [5.74, 6) is -0.157. The van der Waals surface area contributed by atoms with Crippen LogP contribution in [0.3, 0.4) is 0 Å². The van der Waals surface area contributed by atoms with Crippen molar-refractivity contribution in [3.63, 3.8) is 0 Å². The Hall–Kier alpha value is -1.15. The second kappa shape index (κ2) is 12.2. The second-order valence-electron chi connectivity index (χ2n) is 7.25. The number of rotatable bonds is 14. The molecule has 1 N–H and O–H groups in total. The Balaban J connectivity index is 2.06. The first kappa shape index (κ1) is 20.9. The monoisotopic (exact) mass is 332 g/mol. The third-order valence-corrected chi connectivity index (χ3v) is 4.79. The van der Waals surface area contributed by atoms with Crippen LogP contribution in [0.1, 0.15) is 101 Å².